The first kappa shape index (κ1) is 17.2. The number of benzene rings is 2. The molecule has 3 nitrogen and oxygen atoms in total. The first-order chi connectivity index (χ1) is 11.8. The Labute approximate surface area is 146 Å². The van der Waals surface area contributed by atoms with E-state index in [9.17, 15) is 18.0 Å². The van der Waals surface area contributed by atoms with E-state index in [4.69, 9.17) is 11.6 Å². The second kappa shape index (κ2) is 6.72. The number of nitrogens with zero attached hydrogens (tertiary/aromatic N) is 2. The van der Waals surface area contributed by atoms with Crippen molar-refractivity contribution < 1.29 is 13.2 Å². The minimum atomic E-state index is -4.49. The number of alkyl halides is 3. The van der Waals surface area contributed by atoms with Gasteiger partial charge in [0, 0.05) is 0 Å². The third-order valence-electron chi connectivity index (χ3n) is 3.62. The Kier molecular flexibility index (Phi) is 4.63. The Morgan fingerprint density at radius 1 is 1.00 bits per heavy atom. The molecule has 0 N–H and O–H groups in total. The number of rotatable bonds is 3. The molecular formula is C18H12ClF3N2O. The van der Waals surface area contributed by atoms with E-state index in [0.29, 0.717) is 0 Å². The summed E-state index contributed by atoms with van der Waals surface area (Å²) in [6.45, 7) is 0.173. The summed E-state index contributed by atoms with van der Waals surface area (Å²) in [5, 5.41) is 4.00. The maximum atomic E-state index is 12.9. The van der Waals surface area contributed by atoms with Crippen LogP contribution in [0.4, 0.5) is 13.2 Å². The van der Waals surface area contributed by atoms with E-state index < -0.39 is 17.3 Å². The van der Waals surface area contributed by atoms with Gasteiger partial charge in [-0.05, 0) is 29.3 Å². The minimum absolute atomic E-state index is 0.0305. The molecule has 1 heterocycles. The first-order valence-corrected chi connectivity index (χ1v) is 7.71. The smallest absolute Gasteiger partial charge is 0.267 e. The van der Waals surface area contributed by atoms with Crippen molar-refractivity contribution >= 4 is 11.6 Å². The van der Waals surface area contributed by atoms with Gasteiger partial charge in [-0.3, -0.25) is 4.79 Å². The lowest BCUT2D eigenvalue weighted by atomic mass is 10.0. The monoisotopic (exact) mass is 364 g/mol. The van der Waals surface area contributed by atoms with Crippen molar-refractivity contribution in [3.8, 4) is 11.1 Å². The maximum Gasteiger partial charge on any atom is 0.416 e. The van der Waals surface area contributed by atoms with Crippen LogP contribution in [-0.4, -0.2) is 9.78 Å². The fourth-order valence-electron chi connectivity index (χ4n) is 2.44. The van der Waals surface area contributed by atoms with E-state index in [1.807, 2.05) is 30.3 Å². The van der Waals surface area contributed by atoms with Gasteiger partial charge in [-0.1, -0.05) is 54.1 Å². The van der Waals surface area contributed by atoms with Gasteiger partial charge in [-0.2, -0.15) is 18.3 Å². The molecule has 128 valence electrons. The Balaban J connectivity index is 2.08. The fraction of sp³-hybridized carbons (Fsp3) is 0.111. The van der Waals surface area contributed by atoms with Crippen LogP contribution in [0.25, 0.3) is 11.1 Å². The van der Waals surface area contributed by atoms with Crippen LogP contribution in [0.3, 0.4) is 0 Å². The second-order valence-electron chi connectivity index (χ2n) is 5.41. The molecule has 0 saturated carbocycles. The molecule has 3 rings (SSSR count). The molecule has 25 heavy (non-hydrogen) atoms. The Hall–Kier alpha value is -2.60. The number of halogens is 4. The van der Waals surface area contributed by atoms with Crippen LogP contribution in [0.1, 0.15) is 11.1 Å². The standard InChI is InChI=1S/C18H12ClF3N2O/c19-16-10-15(13-7-4-8-14(9-13)18(20,21)22)17(25)24(23-16)11-12-5-2-1-3-6-12/h1-10H,11H2. The number of hydrogen-bond acceptors (Lipinski definition) is 2. The van der Waals surface area contributed by atoms with Gasteiger partial charge in [0.25, 0.3) is 5.56 Å². The lowest BCUT2D eigenvalue weighted by Crippen LogP contribution is -2.25. The van der Waals surface area contributed by atoms with Gasteiger partial charge < -0.3 is 0 Å². The Bertz CT molecular complexity index is 953. The molecule has 3 aromatic rings. The largest absolute Gasteiger partial charge is 0.416 e. The zero-order chi connectivity index (χ0) is 18.0. The fourth-order valence-corrected chi connectivity index (χ4v) is 2.64. The van der Waals surface area contributed by atoms with Gasteiger partial charge in [0.1, 0.15) is 0 Å². The van der Waals surface area contributed by atoms with E-state index in [2.05, 4.69) is 5.10 Å². The molecular weight excluding hydrogens is 353 g/mol. The molecule has 0 amide bonds. The zero-order valence-corrected chi connectivity index (χ0v) is 13.6. The van der Waals surface area contributed by atoms with Crippen LogP contribution >= 0.6 is 11.6 Å². The molecule has 0 atom stereocenters. The molecule has 0 fully saturated rings. The third kappa shape index (κ3) is 3.91. The van der Waals surface area contributed by atoms with E-state index in [-0.39, 0.29) is 22.8 Å². The van der Waals surface area contributed by atoms with Crippen molar-refractivity contribution in [1.82, 2.24) is 9.78 Å². The predicted molar refractivity (Wildman–Crippen MR) is 89.5 cm³/mol. The van der Waals surface area contributed by atoms with Crippen LogP contribution < -0.4 is 5.56 Å². The highest BCUT2D eigenvalue weighted by Gasteiger charge is 2.30. The molecule has 0 aliphatic heterocycles. The van der Waals surface area contributed by atoms with Crippen LogP contribution in [0.15, 0.2) is 65.5 Å². The number of hydrogen-bond donors (Lipinski definition) is 0. The molecule has 0 aliphatic carbocycles. The van der Waals surface area contributed by atoms with Crippen molar-refractivity contribution in [2.45, 2.75) is 12.7 Å². The van der Waals surface area contributed by atoms with Gasteiger partial charge in [-0.25, -0.2) is 4.68 Å². The molecule has 1 aromatic heterocycles. The van der Waals surface area contributed by atoms with Gasteiger partial charge in [0.15, 0.2) is 5.15 Å². The summed E-state index contributed by atoms with van der Waals surface area (Å²) >= 11 is 5.97. The SMILES string of the molecule is O=c1c(-c2cccc(C(F)(F)F)c2)cc(Cl)nn1Cc1ccccc1. The van der Waals surface area contributed by atoms with E-state index in [1.54, 1.807) is 0 Å². The Morgan fingerprint density at radius 3 is 2.40 bits per heavy atom. The third-order valence-corrected chi connectivity index (χ3v) is 3.81. The summed E-state index contributed by atoms with van der Waals surface area (Å²) in [4.78, 5) is 12.6. The van der Waals surface area contributed by atoms with E-state index >= 15 is 0 Å². The van der Waals surface area contributed by atoms with Crippen molar-refractivity contribution in [2.24, 2.45) is 0 Å². The van der Waals surface area contributed by atoms with Crippen molar-refractivity contribution in [1.29, 1.82) is 0 Å². The maximum absolute atomic E-state index is 12.9. The van der Waals surface area contributed by atoms with Crippen LogP contribution in [-0.2, 0) is 12.7 Å². The molecule has 0 radical (unpaired) electrons. The average Bonchev–Trinajstić information content (AvgIpc) is 2.58. The molecule has 0 bridgehead atoms. The first-order valence-electron chi connectivity index (χ1n) is 7.34. The van der Waals surface area contributed by atoms with Crippen LogP contribution in [0, 0.1) is 0 Å². The quantitative estimate of drug-likeness (QED) is 0.679. The zero-order valence-electron chi connectivity index (χ0n) is 12.8. The highest BCUT2D eigenvalue weighted by Crippen LogP contribution is 2.31. The summed E-state index contributed by atoms with van der Waals surface area (Å²) in [6.07, 6.45) is -4.49. The normalized spacial score (nSPS) is 11.5. The van der Waals surface area contributed by atoms with Crippen molar-refractivity contribution in [2.75, 3.05) is 0 Å². The molecule has 0 aliphatic rings. The van der Waals surface area contributed by atoms with Gasteiger partial charge in [0.2, 0.25) is 0 Å². The summed E-state index contributed by atoms with van der Waals surface area (Å²) in [5.74, 6) is 0. The number of aromatic nitrogens is 2. The molecule has 7 heteroatoms. The summed E-state index contributed by atoms with van der Waals surface area (Å²) in [7, 11) is 0. The topological polar surface area (TPSA) is 34.9 Å². The molecule has 2 aromatic carbocycles. The second-order valence-corrected chi connectivity index (χ2v) is 5.79. The van der Waals surface area contributed by atoms with E-state index in [1.165, 1.54) is 18.2 Å². The molecule has 0 spiro atoms. The summed E-state index contributed by atoms with van der Waals surface area (Å²) in [5.41, 5.74) is -0.290. The highest BCUT2D eigenvalue weighted by molar-refractivity contribution is 6.29. The minimum Gasteiger partial charge on any atom is -0.267 e. The predicted octanol–water partition coefficient (Wildman–Crippen LogP) is 4.63. The van der Waals surface area contributed by atoms with Crippen molar-refractivity contribution in [3.05, 3.63) is 87.3 Å². The van der Waals surface area contributed by atoms with Gasteiger partial charge >= 0.3 is 6.18 Å². The Morgan fingerprint density at radius 2 is 1.72 bits per heavy atom. The van der Waals surface area contributed by atoms with Crippen molar-refractivity contribution in [3.63, 3.8) is 0 Å². The lowest BCUT2D eigenvalue weighted by Gasteiger charge is -2.11. The van der Waals surface area contributed by atoms with Crippen LogP contribution in [0.2, 0.25) is 5.15 Å². The average molecular weight is 365 g/mol. The van der Waals surface area contributed by atoms with E-state index in [0.717, 1.165) is 22.4 Å². The van der Waals surface area contributed by atoms with Gasteiger partial charge in [-0.15, -0.1) is 0 Å². The summed E-state index contributed by atoms with van der Waals surface area (Å²) in [6, 6.07) is 15.0. The molecule has 0 saturated heterocycles. The molecule has 0 unspecified atom stereocenters. The highest BCUT2D eigenvalue weighted by atomic mass is 35.5. The van der Waals surface area contributed by atoms with Crippen LogP contribution in [0.5, 0.6) is 0 Å². The van der Waals surface area contributed by atoms with Gasteiger partial charge in [0.05, 0.1) is 17.7 Å². The summed E-state index contributed by atoms with van der Waals surface area (Å²) < 4.78 is 39.9. The lowest BCUT2D eigenvalue weighted by molar-refractivity contribution is -0.137.